The first kappa shape index (κ1) is 14.4. The van der Waals surface area contributed by atoms with E-state index in [1.807, 2.05) is 19.3 Å². The van der Waals surface area contributed by atoms with Crippen molar-refractivity contribution in [2.24, 2.45) is 0 Å². The van der Waals surface area contributed by atoms with Gasteiger partial charge in [0.25, 0.3) is 0 Å². The maximum Gasteiger partial charge on any atom is 0.147 e. The normalized spacial score (nSPS) is 14.7. The monoisotopic (exact) mass is 301 g/mol. The molecule has 1 aromatic carbocycles. The lowest BCUT2D eigenvalue weighted by Gasteiger charge is -2.23. The molecule has 4 heteroatoms. The lowest BCUT2D eigenvalue weighted by molar-refractivity contribution is 0.751. The summed E-state index contributed by atoms with van der Waals surface area (Å²) in [5.74, 6) is 0.897. The quantitative estimate of drug-likeness (QED) is 0.942. The summed E-state index contributed by atoms with van der Waals surface area (Å²) >= 11 is 6.45. The fraction of sp³-hybridized carbons (Fsp3) is 0.353. The molecule has 0 radical (unpaired) electrons. The minimum atomic E-state index is 0.738. The zero-order valence-corrected chi connectivity index (χ0v) is 13.0. The maximum absolute atomic E-state index is 6.45. The number of fused-ring (bicyclic) bond motifs is 1. The smallest absolute Gasteiger partial charge is 0.147 e. The zero-order valence-electron chi connectivity index (χ0n) is 12.3. The number of anilines is 1. The van der Waals surface area contributed by atoms with Gasteiger partial charge in [0.2, 0.25) is 0 Å². The first-order valence-electron chi connectivity index (χ1n) is 7.38. The standard InChI is InChI=1S/C17H20ClN3/c1-19-10-13-9-16(18)17(20-11-13)21-8-4-7-14-5-2-3-6-15(14)12-21/h2-3,5-6,9,11,19H,4,7-8,10,12H2,1H3. The van der Waals surface area contributed by atoms with Gasteiger partial charge in [0.15, 0.2) is 0 Å². The number of hydrogen-bond donors (Lipinski definition) is 1. The summed E-state index contributed by atoms with van der Waals surface area (Å²) in [5.41, 5.74) is 3.94. The number of aromatic nitrogens is 1. The molecule has 2 aromatic rings. The third-order valence-corrected chi connectivity index (χ3v) is 4.19. The summed E-state index contributed by atoms with van der Waals surface area (Å²) in [5, 5.41) is 3.86. The number of hydrogen-bond acceptors (Lipinski definition) is 3. The highest BCUT2D eigenvalue weighted by Crippen LogP contribution is 2.28. The molecule has 3 nitrogen and oxygen atoms in total. The van der Waals surface area contributed by atoms with Crippen LogP contribution in [0.25, 0.3) is 0 Å². The summed E-state index contributed by atoms with van der Waals surface area (Å²) in [7, 11) is 1.92. The molecule has 1 aromatic heterocycles. The van der Waals surface area contributed by atoms with Crippen LogP contribution in [0.4, 0.5) is 5.82 Å². The van der Waals surface area contributed by atoms with Crippen LogP contribution in [-0.2, 0) is 19.5 Å². The van der Waals surface area contributed by atoms with Crippen LogP contribution in [0.5, 0.6) is 0 Å². The summed E-state index contributed by atoms with van der Waals surface area (Å²) in [6.45, 7) is 2.66. The van der Waals surface area contributed by atoms with Gasteiger partial charge in [-0.25, -0.2) is 4.98 Å². The zero-order chi connectivity index (χ0) is 14.7. The van der Waals surface area contributed by atoms with Crippen molar-refractivity contribution in [3.05, 3.63) is 58.2 Å². The molecule has 1 N–H and O–H groups in total. The van der Waals surface area contributed by atoms with E-state index >= 15 is 0 Å². The van der Waals surface area contributed by atoms with Crippen molar-refractivity contribution in [3.63, 3.8) is 0 Å². The number of benzene rings is 1. The Bertz CT molecular complexity index is 627. The van der Waals surface area contributed by atoms with Crippen molar-refractivity contribution in [3.8, 4) is 0 Å². The van der Waals surface area contributed by atoms with Gasteiger partial charge in [0.1, 0.15) is 5.82 Å². The average Bonchev–Trinajstić information content (AvgIpc) is 2.70. The average molecular weight is 302 g/mol. The van der Waals surface area contributed by atoms with Gasteiger partial charge in [-0.2, -0.15) is 0 Å². The van der Waals surface area contributed by atoms with E-state index in [4.69, 9.17) is 11.6 Å². The van der Waals surface area contributed by atoms with Crippen molar-refractivity contribution < 1.29 is 0 Å². The van der Waals surface area contributed by atoms with Gasteiger partial charge in [-0.1, -0.05) is 35.9 Å². The van der Waals surface area contributed by atoms with E-state index in [0.717, 1.165) is 48.9 Å². The van der Waals surface area contributed by atoms with Crippen LogP contribution in [0.2, 0.25) is 5.02 Å². The molecule has 0 saturated carbocycles. The van der Waals surface area contributed by atoms with Gasteiger partial charge in [0, 0.05) is 25.8 Å². The van der Waals surface area contributed by atoms with Gasteiger partial charge < -0.3 is 10.2 Å². The highest BCUT2D eigenvalue weighted by atomic mass is 35.5. The van der Waals surface area contributed by atoms with Crippen molar-refractivity contribution in [2.45, 2.75) is 25.9 Å². The van der Waals surface area contributed by atoms with Crippen LogP contribution in [0.3, 0.4) is 0 Å². The van der Waals surface area contributed by atoms with Gasteiger partial charge in [-0.3, -0.25) is 0 Å². The van der Waals surface area contributed by atoms with E-state index in [0.29, 0.717) is 0 Å². The van der Waals surface area contributed by atoms with Gasteiger partial charge in [-0.05, 0) is 42.6 Å². The van der Waals surface area contributed by atoms with E-state index in [2.05, 4.69) is 39.5 Å². The highest BCUT2D eigenvalue weighted by Gasteiger charge is 2.17. The summed E-state index contributed by atoms with van der Waals surface area (Å²) in [4.78, 5) is 6.88. The van der Waals surface area contributed by atoms with Crippen molar-refractivity contribution in [2.75, 3.05) is 18.5 Å². The molecule has 0 fully saturated rings. The van der Waals surface area contributed by atoms with Gasteiger partial charge in [-0.15, -0.1) is 0 Å². The molecular formula is C17H20ClN3. The number of nitrogens with zero attached hydrogens (tertiary/aromatic N) is 2. The highest BCUT2D eigenvalue weighted by molar-refractivity contribution is 6.33. The van der Waals surface area contributed by atoms with Crippen LogP contribution in [-0.4, -0.2) is 18.6 Å². The van der Waals surface area contributed by atoms with Crippen LogP contribution < -0.4 is 10.2 Å². The van der Waals surface area contributed by atoms with Gasteiger partial charge in [0.05, 0.1) is 5.02 Å². The van der Waals surface area contributed by atoms with E-state index in [1.54, 1.807) is 0 Å². The molecule has 0 amide bonds. The second kappa shape index (κ2) is 6.46. The summed E-state index contributed by atoms with van der Waals surface area (Å²) in [6, 6.07) is 10.7. The largest absolute Gasteiger partial charge is 0.351 e. The lowest BCUT2D eigenvalue weighted by atomic mass is 10.0. The molecule has 0 aliphatic carbocycles. The minimum Gasteiger partial charge on any atom is -0.351 e. The molecule has 110 valence electrons. The van der Waals surface area contributed by atoms with Crippen molar-refractivity contribution in [1.82, 2.24) is 10.3 Å². The SMILES string of the molecule is CNCc1cnc(N2CCCc3ccccc3C2)c(Cl)c1. The van der Waals surface area contributed by atoms with Crippen LogP contribution in [0.1, 0.15) is 23.1 Å². The predicted octanol–water partition coefficient (Wildman–Crippen LogP) is 3.41. The molecule has 0 saturated heterocycles. The van der Waals surface area contributed by atoms with E-state index < -0.39 is 0 Å². The fourth-order valence-electron chi connectivity index (χ4n) is 2.89. The Hall–Kier alpha value is -1.58. The van der Waals surface area contributed by atoms with E-state index in [9.17, 15) is 0 Å². The number of pyridine rings is 1. The molecule has 0 atom stereocenters. The molecule has 0 spiro atoms. The van der Waals surface area contributed by atoms with Crippen LogP contribution in [0.15, 0.2) is 36.5 Å². The third kappa shape index (κ3) is 3.20. The van der Waals surface area contributed by atoms with E-state index in [1.165, 1.54) is 11.1 Å². The molecular weight excluding hydrogens is 282 g/mol. The maximum atomic E-state index is 6.45. The molecule has 0 bridgehead atoms. The van der Waals surface area contributed by atoms with Crippen LogP contribution in [0, 0.1) is 0 Å². The Morgan fingerprint density at radius 2 is 2.10 bits per heavy atom. The Kier molecular flexibility index (Phi) is 4.42. The third-order valence-electron chi connectivity index (χ3n) is 3.91. The number of halogens is 1. The number of aryl methyl sites for hydroxylation is 1. The Morgan fingerprint density at radius 3 is 2.86 bits per heavy atom. The molecule has 1 aliphatic rings. The molecule has 21 heavy (non-hydrogen) atoms. The predicted molar refractivity (Wildman–Crippen MR) is 87.8 cm³/mol. The van der Waals surface area contributed by atoms with Gasteiger partial charge >= 0.3 is 0 Å². The van der Waals surface area contributed by atoms with Crippen molar-refractivity contribution in [1.29, 1.82) is 0 Å². The van der Waals surface area contributed by atoms with Crippen molar-refractivity contribution >= 4 is 17.4 Å². The summed E-state index contributed by atoms with van der Waals surface area (Å²) < 4.78 is 0. The second-order valence-corrected chi connectivity index (χ2v) is 5.88. The number of rotatable bonds is 3. The lowest BCUT2D eigenvalue weighted by Crippen LogP contribution is -2.24. The number of nitrogens with one attached hydrogen (secondary N) is 1. The Balaban J connectivity index is 1.87. The second-order valence-electron chi connectivity index (χ2n) is 5.47. The molecule has 2 heterocycles. The Labute approximate surface area is 131 Å². The topological polar surface area (TPSA) is 28.2 Å². The summed E-state index contributed by atoms with van der Waals surface area (Å²) in [6.07, 6.45) is 4.17. The Morgan fingerprint density at radius 1 is 1.29 bits per heavy atom. The minimum absolute atomic E-state index is 0.738. The fourth-order valence-corrected chi connectivity index (χ4v) is 3.19. The van der Waals surface area contributed by atoms with Crippen LogP contribution >= 0.6 is 11.6 Å². The molecule has 0 unspecified atom stereocenters. The molecule has 1 aliphatic heterocycles. The van der Waals surface area contributed by atoms with E-state index in [-0.39, 0.29) is 0 Å². The molecule has 3 rings (SSSR count). The first-order chi connectivity index (χ1) is 10.3. The first-order valence-corrected chi connectivity index (χ1v) is 7.76.